The van der Waals surface area contributed by atoms with Crippen LogP contribution in [0.5, 0.6) is 5.75 Å². The molecule has 0 radical (unpaired) electrons. The summed E-state index contributed by atoms with van der Waals surface area (Å²) in [6.07, 6.45) is -0.117. The minimum Gasteiger partial charge on any atom is -0.507 e. The highest BCUT2D eigenvalue weighted by atomic mass is 16.3. The van der Waals surface area contributed by atoms with Gasteiger partial charge >= 0.3 is 0 Å². The molecule has 4 nitrogen and oxygen atoms in total. The Kier molecular flexibility index (Phi) is 2.69. The molecule has 0 bridgehead atoms. The highest BCUT2D eigenvalue weighted by molar-refractivity contribution is 6.34. The Morgan fingerprint density at radius 1 is 0.800 bits per heavy atom. The molecule has 0 unspecified atom stereocenters. The van der Waals surface area contributed by atoms with E-state index < -0.39 is 0 Å². The van der Waals surface area contributed by atoms with Crippen molar-refractivity contribution in [3.63, 3.8) is 0 Å². The van der Waals surface area contributed by atoms with Crippen LogP contribution in [0.1, 0.15) is 27.1 Å². The van der Waals surface area contributed by atoms with Gasteiger partial charge in [0.2, 0.25) is 0 Å². The van der Waals surface area contributed by atoms with Crippen molar-refractivity contribution >= 4 is 33.4 Å². The maximum atomic E-state index is 12.6. The number of Topliss-reactive ketones (excluding diaryl/α,β-unsaturated/α-hetero) is 2. The Labute approximate surface area is 142 Å². The molecule has 0 amide bonds. The van der Waals surface area contributed by atoms with E-state index in [2.05, 4.69) is 4.98 Å². The Balaban J connectivity index is 2.02. The van der Waals surface area contributed by atoms with Gasteiger partial charge in [-0.05, 0) is 29.3 Å². The van der Waals surface area contributed by atoms with Crippen molar-refractivity contribution in [1.82, 2.24) is 4.98 Å². The highest BCUT2D eigenvalue weighted by Gasteiger charge is 2.34. The maximum Gasteiger partial charge on any atom is 0.172 e. The SMILES string of the molecule is O=C1CC(=O)c2c1c(-c1ccccc1)cc1[nH]c3cccc(O)c3c21. The van der Waals surface area contributed by atoms with E-state index >= 15 is 0 Å². The molecule has 1 aliphatic rings. The molecule has 4 aromatic rings. The smallest absolute Gasteiger partial charge is 0.172 e. The van der Waals surface area contributed by atoms with Crippen LogP contribution in [0.3, 0.4) is 0 Å². The zero-order valence-corrected chi connectivity index (χ0v) is 13.2. The predicted octanol–water partition coefficient (Wildman–Crippen LogP) is 4.46. The van der Waals surface area contributed by atoms with E-state index in [-0.39, 0.29) is 23.7 Å². The van der Waals surface area contributed by atoms with Gasteiger partial charge in [0.25, 0.3) is 0 Å². The minimum absolute atomic E-state index is 0.102. The molecular weight excluding hydrogens is 314 g/mol. The lowest BCUT2D eigenvalue weighted by Crippen LogP contribution is -1.97. The molecule has 1 aromatic heterocycles. The van der Waals surface area contributed by atoms with Crippen molar-refractivity contribution in [2.45, 2.75) is 6.42 Å². The van der Waals surface area contributed by atoms with Crippen molar-refractivity contribution in [1.29, 1.82) is 0 Å². The van der Waals surface area contributed by atoms with Gasteiger partial charge in [-0.1, -0.05) is 36.4 Å². The molecule has 0 saturated carbocycles. The number of hydrogen-bond acceptors (Lipinski definition) is 3. The summed E-state index contributed by atoms with van der Waals surface area (Å²) in [5.41, 5.74) is 4.03. The number of aromatic nitrogens is 1. The van der Waals surface area contributed by atoms with Gasteiger partial charge < -0.3 is 10.1 Å². The Morgan fingerprint density at radius 3 is 2.36 bits per heavy atom. The van der Waals surface area contributed by atoms with Crippen molar-refractivity contribution in [2.24, 2.45) is 0 Å². The van der Waals surface area contributed by atoms with Gasteiger partial charge in [0.05, 0.1) is 11.9 Å². The maximum absolute atomic E-state index is 12.6. The Morgan fingerprint density at radius 2 is 1.56 bits per heavy atom. The van der Waals surface area contributed by atoms with Crippen LogP contribution in [0.25, 0.3) is 32.9 Å². The number of rotatable bonds is 1. The van der Waals surface area contributed by atoms with E-state index in [1.54, 1.807) is 12.1 Å². The number of ketones is 2. The average molecular weight is 327 g/mol. The number of fused-ring (bicyclic) bond motifs is 5. The summed E-state index contributed by atoms with van der Waals surface area (Å²) in [6, 6.07) is 16.7. The second kappa shape index (κ2) is 4.80. The average Bonchev–Trinajstić information content (AvgIpc) is 3.13. The van der Waals surface area contributed by atoms with Crippen molar-refractivity contribution in [3.8, 4) is 16.9 Å². The summed E-state index contributed by atoms with van der Waals surface area (Å²) in [4.78, 5) is 28.4. The molecular formula is C21H13NO3. The lowest BCUT2D eigenvalue weighted by Gasteiger charge is -2.09. The van der Waals surface area contributed by atoms with Crippen LogP contribution >= 0.6 is 0 Å². The molecule has 0 saturated heterocycles. The van der Waals surface area contributed by atoms with E-state index in [0.29, 0.717) is 21.9 Å². The Bertz CT molecular complexity index is 1200. The van der Waals surface area contributed by atoms with Gasteiger partial charge in [-0.2, -0.15) is 0 Å². The number of H-pyrrole nitrogens is 1. The number of phenolic OH excluding ortho intramolecular Hbond substituents is 1. The summed E-state index contributed by atoms with van der Waals surface area (Å²) in [6.45, 7) is 0. The Hall–Kier alpha value is -3.40. The largest absolute Gasteiger partial charge is 0.507 e. The molecule has 2 N–H and O–H groups in total. The summed E-state index contributed by atoms with van der Waals surface area (Å²) in [5.74, 6) is -0.247. The standard InChI is InChI=1S/C21H13NO3/c23-15-8-4-7-13-19(15)20-14(22-13)9-12(11-5-2-1-3-6-11)18-16(24)10-17(25)21(18)20/h1-9,22-23H,10H2. The zero-order valence-electron chi connectivity index (χ0n) is 13.2. The van der Waals surface area contributed by atoms with Crippen LogP contribution in [0.4, 0.5) is 0 Å². The van der Waals surface area contributed by atoms with Crippen LogP contribution in [-0.2, 0) is 0 Å². The van der Waals surface area contributed by atoms with Gasteiger partial charge in [0.1, 0.15) is 5.75 Å². The van der Waals surface area contributed by atoms with E-state index in [9.17, 15) is 14.7 Å². The zero-order chi connectivity index (χ0) is 17.1. The molecule has 0 fully saturated rings. The molecule has 120 valence electrons. The third-order valence-corrected chi connectivity index (χ3v) is 4.85. The summed E-state index contributed by atoms with van der Waals surface area (Å²) >= 11 is 0. The fourth-order valence-electron chi connectivity index (χ4n) is 3.83. The number of nitrogens with one attached hydrogen (secondary N) is 1. The number of phenols is 1. The van der Waals surface area contributed by atoms with Crippen LogP contribution in [0.2, 0.25) is 0 Å². The van der Waals surface area contributed by atoms with Gasteiger partial charge in [0, 0.05) is 27.4 Å². The van der Waals surface area contributed by atoms with E-state index in [1.165, 1.54) is 0 Å². The van der Waals surface area contributed by atoms with Crippen LogP contribution in [-0.4, -0.2) is 21.7 Å². The van der Waals surface area contributed by atoms with Gasteiger partial charge in [-0.15, -0.1) is 0 Å². The summed E-state index contributed by atoms with van der Waals surface area (Å²) in [7, 11) is 0. The van der Waals surface area contributed by atoms with Crippen molar-refractivity contribution < 1.29 is 14.7 Å². The normalized spacial score (nSPS) is 13.8. The van der Waals surface area contributed by atoms with Gasteiger partial charge in [0.15, 0.2) is 11.6 Å². The fourth-order valence-corrected chi connectivity index (χ4v) is 3.83. The van der Waals surface area contributed by atoms with E-state index in [4.69, 9.17) is 0 Å². The molecule has 5 rings (SSSR count). The third-order valence-electron chi connectivity index (χ3n) is 4.85. The van der Waals surface area contributed by atoms with Crippen molar-refractivity contribution in [3.05, 3.63) is 65.7 Å². The quantitative estimate of drug-likeness (QED) is 0.507. The second-order valence-electron chi connectivity index (χ2n) is 6.31. The molecule has 4 heteroatoms. The highest BCUT2D eigenvalue weighted by Crippen LogP contribution is 2.42. The monoisotopic (exact) mass is 327 g/mol. The fraction of sp³-hybridized carbons (Fsp3) is 0.0476. The second-order valence-corrected chi connectivity index (χ2v) is 6.31. The van der Waals surface area contributed by atoms with Crippen LogP contribution in [0, 0.1) is 0 Å². The van der Waals surface area contributed by atoms with Crippen molar-refractivity contribution in [2.75, 3.05) is 0 Å². The lowest BCUT2D eigenvalue weighted by atomic mass is 9.93. The molecule has 25 heavy (non-hydrogen) atoms. The first-order chi connectivity index (χ1) is 12.1. The molecule has 3 aromatic carbocycles. The number of carbonyl (C=O) groups excluding carboxylic acids is 2. The summed E-state index contributed by atoms with van der Waals surface area (Å²) < 4.78 is 0. The number of carbonyl (C=O) groups is 2. The minimum atomic E-state index is -0.188. The first kappa shape index (κ1) is 14.0. The number of aromatic hydroxyl groups is 1. The number of benzene rings is 3. The number of hydrogen-bond donors (Lipinski definition) is 2. The molecule has 1 heterocycles. The molecule has 0 atom stereocenters. The first-order valence-corrected chi connectivity index (χ1v) is 8.07. The molecule has 0 aliphatic heterocycles. The van der Waals surface area contributed by atoms with E-state index in [1.807, 2.05) is 42.5 Å². The topological polar surface area (TPSA) is 70.2 Å². The molecule has 1 aliphatic carbocycles. The van der Waals surface area contributed by atoms with Crippen LogP contribution in [0.15, 0.2) is 54.6 Å². The third kappa shape index (κ3) is 1.82. The van der Waals surface area contributed by atoms with Gasteiger partial charge in [-0.3, -0.25) is 9.59 Å². The first-order valence-electron chi connectivity index (χ1n) is 8.07. The predicted molar refractivity (Wildman–Crippen MR) is 96.2 cm³/mol. The van der Waals surface area contributed by atoms with Gasteiger partial charge in [-0.25, -0.2) is 0 Å². The lowest BCUT2D eigenvalue weighted by molar-refractivity contribution is 0.0923. The number of aromatic amines is 1. The summed E-state index contributed by atoms with van der Waals surface area (Å²) in [5, 5.41) is 11.5. The van der Waals surface area contributed by atoms with E-state index in [0.717, 1.165) is 22.2 Å². The molecule has 0 spiro atoms. The van der Waals surface area contributed by atoms with Crippen LogP contribution < -0.4 is 0 Å².